The molecule has 130 valence electrons. The fourth-order valence-electron chi connectivity index (χ4n) is 3.76. The monoisotopic (exact) mass is 339 g/mol. The van der Waals surface area contributed by atoms with Crippen LogP contribution in [0, 0.1) is 17.8 Å². The second-order valence-electron chi connectivity index (χ2n) is 7.05. The van der Waals surface area contributed by atoms with E-state index >= 15 is 0 Å². The van der Waals surface area contributed by atoms with Crippen molar-refractivity contribution < 1.29 is 14.7 Å². The fraction of sp³-hybridized carbons (Fsp3) is 0.421. The number of aromatic nitrogens is 2. The normalized spacial score (nSPS) is 23.0. The summed E-state index contributed by atoms with van der Waals surface area (Å²) in [7, 11) is 0. The highest BCUT2D eigenvalue weighted by molar-refractivity contribution is 5.81. The summed E-state index contributed by atoms with van der Waals surface area (Å²) in [5.41, 5.74) is 1.79. The van der Waals surface area contributed by atoms with Crippen LogP contribution in [0.1, 0.15) is 18.4 Å². The smallest absolute Gasteiger partial charge is 0.308 e. The minimum atomic E-state index is -0.774. The van der Waals surface area contributed by atoms with E-state index in [4.69, 9.17) is 0 Å². The molecule has 2 heterocycles. The molecular weight excluding hydrogens is 318 g/mol. The molecule has 6 nitrogen and oxygen atoms in total. The van der Waals surface area contributed by atoms with E-state index < -0.39 is 11.9 Å². The molecule has 2 aliphatic rings. The van der Waals surface area contributed by atoms with Gasteiger partial charge in [-0.2, -0.15) is 5.10 Å². The molecule has 1 aromatic carbocycles. The highest BCUT2D eigenvalue weighted by Crippen LogP contribution is 2.44. The van der Waals surface area contributed by atoms with Crippen molar-refractivity contribution in [3.05, 3.63) is 48.3 Å². The molecule has 1 aliphatic heterocycles. The van der Waals surface area contributed by atoms with Gasteiger partial charge in [0.1, 0.15) is 0 Å². The number of carboxylic acids is 1. The van der Waals surface area contributed by atoms with Crippen molar-refractivity contribution in [2.45, 2.75) is 19.3 Å². The number of benzene rings is 1. The molecule has 0 spiro atoms. The van der Waals surface area contributed by atoms with E-state index in [9.17, 15) is 14.7 Å². The van der Waals surface area contributed by atoms with E-state index in [1.165, 1.54) is 0 Å². The number of likely N-dealkylation sites (tertiary alicyclic amines) is 1. The Morgan fingerprint density at radius 3 is 2.60 bits per heavy atom. The van der Waals surface area contributed by atoms with Gasteiger partial charge in [0.15, 0.2) is 0 Å². The van der Waals surface area contributed by atoms with Crippen LogP contribution >= 0.6 is 0 Å². The number of hydrogen-bond acceptors (Lipinski definition) is 3. The first-order valence-electron chi connectivity index (χ1n) is 8.71. The van der Waals surface area contributed by atoms with Crippen LogP contribution < -0.4 is 0 Å². The third kappa shape index (κ3) is 3.29. The number of hydrogen-bond donors (Lipinski definition) is 1. The zero-order chi connectivity index (χ0) is 17.4. The van der Waals surface area contributed by atoms with E-state index in [1.807, 2.05) is 36.5 Å². The van der Waals surface area contributed by atoms with Gasteiger partial charge in [0.05, 0.1) is 24.2 Å². The lowest BCUT2D eigenvalue weighted by Gasteiger charge is -2.15. The van der Waals surface area contributed by atoms with Crippen LogP contribution in [0.25, 0.3) is 5.69 Å². The second kappa shape index (κ2) is 6.35. The Balaban J connectivity index is 1.42. The Hall–Kier alpha value is -2.63. The number of carbonyl (C=O) groups is 2. The summed E-state index contributed by atoms with van der Waals surface area (Å²) in [6.07, 6.45) is 6.02. The minimum Gasteiger partial charge on any atom is -0.481 e. The summed E-state index contributed by atoms with van der Waals surface area (Å²) in [4.78, 5) is 25.8. The predicted octanol–water partition coefficient (Wildman–Crippen LogP) is 1.98. The molecule has 2 atom stereocenters. The van der Waals surface area contributed by atoms with E-state index in [1.54, 1.807) is 15.8 Å². The van der Waals surface area contributed by atoms with Crippen LogP contribution in [0.3, 0.4) is 0 Å². The predicted molar refractivity (Wildman–Crippen MR) is 91.2 cm³/mol. The van der Waals surface area contributed by atoms with E-state index in [0.717, 1.165) is 24.1 Å². The molecule has 1 aromatic heterocycles. The zero-order valence-electron chi connectivity index (χ0n) is 13.9. The molecule has 0 unspecified atom stereocenters. The van der Waals surface area contributed by atoms with Gasteiger partial charge in [-0.15, -0.1) is 0 Å². The Morgan fingerprint density at radius 1 is 1.16 bits per heavy atom. The highest BCUT2D eigenvalue weighted by Gasteiger charge is 2.46. The van der Waals surface area contributed by atoms with Crippen LogP contribution in [0.2, 0.25) is 0 Å². The van der Waals surface area contributed by atoms with Gasteiger partial charge in [-0.25, -0.2) is 4.68 Å². The lowest BCUT2D eigenvalue weighted by molar-refractivity contribution is -0.142. The summed E-state index contributed by atoms with van der Waals surface area (Å²) in [6.45, 7) is 0.912. The van der Waals surface area contributed by atoms with Crippen LogP contribution in [-0.4, -0.2) is 44.8 Å². The fourth-order valence-corrected chi connectivity index (χ4v) is 3.76. The molecule has 1 saturated heterocycles. The number of para-hydroxylation sites is 1. The lowest BCUT2D eigenvalue weighted by atomic mass is 9.92. The molecule has 1 aliphatic carbocycles. The number of carbonyl (C=O) groups excluding carboxylic acids is 1. The minimum absolute atomic E-state index is 0.0120. The molecule has 25 heavy (non-hydrogen) atoms. The summed E-state index contributed by atoms with van der Waals surface area (Å²) in [5.74, 6) is -0.595. The van der Waals surface area contributed by atoms with Gasteiger partial charge in [0, 0.05) is 19.3 Å². The summed E-state index contributed by atoms with van der Waals surface area (Å²) >= 11 is 0. The molecule has 6 heteroatoms. The van der Waals surface area contributed by atoms with Crippen molar-refractivity contribution in [1.29, 1.82) is 0 Å². The molecule has 1 saturated carbocycles. The number of nitrogens with zero attached hydrogens (tertiary/aromatic N) is 3. The summed E-state index contributed by atoms with van der Waals surface area (Å²) < 4.78 is 1.75. The molecule has 1 N–H and O–H groups in total. The molecule has 1 amide bonds. The largest absolute Gasteiger partial charge is 0.481 e. The zero-order valence-corrected chi connectivity index (χ0v) is 13.9. The van der Waals surface area contributed by atoms with E-state index in [2.05, 4.69) is 5.10 Å². The second-order valence-corrected chi connectivity index (χ2v) is 7.05. The third-order valence-electron chi connectivity index (χ3n) is 5.27. The maximum absolute atomic E-state index is 12.6. The number of carboxylic acid groups (broad SMARTS) is 1. The van der Waals surface area contributed by atoms with E-state index in [-0.39, 0.29) is 18.2 Å². The maximum Gasteiger partial charge on any atom is 0.308 e. The van der Waals surface area contributed by atoms with Gasteiger partial charge in [0.25, 0.3) is 0 Å². The average Bonchev–Trinajstić information content (AvgIpc) is 3.18. The van der Waals surface area contributed by atoms with Crippen molar-refractivity contribution in [3.63, 3.8) is 0 Å². The number of amides is 1. The number of rotatable bonds is 5. The van der Waals surface area contributed by atoms with Crippen LogP contribution in [0.15, 0.2) is 42.7 Å². The van der Waals surface area contributed by atoms with Crippen LogP contribution in [-0.2, 0) is 16.0 Å². The van der Waals surface area contributed by atoms with Crippen molar-refractivity contribution in [2.24, 2.45) is 17.8 Å². The standard InChI is InChI=1S/C19H21N3O3/c23-18(21-11-16(14-6-7-14)17(12-21)19(24)25)8-13-9-20-22(10-13)15-4-2-1-3-5-15/h1-5,9-10,14,16-17H,6-8,11-12H2,(H,24,25)/t16-,17+/m1/s1. The first-order chi connectivity index (χ1) is 12.1. The highest BCUT2D eigenvalue weighted by atomic mass is 16.4. The van der Waals surface area contributed by atoms with Gasteiger partial charge in [0.2, 0.25) is 5.91 Å². The van der Waals surface area contributed by atoms with E-state index in [0.29, 0.717) is 19.0 Å². The van der Waals surface area contributed by atoms with Crippen molar-refractivity contribution in [1.82, 2.24) is 14.7 Å². The molecule has 0 bridgehead atoms. The maximum atomic E-state index is 12.6. The van der Waals surface area contributed by atoms with Gasteiger partial charge in [-0.05, 0) is 42.4 Å². The van der Waals surface area contributed by atoms with Crippen molar-refractivity contribution in [2.75, 3.05) is 13.1 Å². The molecule has 2 aromatic rings. The number of aliphatic carboxylic acids is 1. The summed E-state index contributed by atoms with van der Waals surface area (Å²) in [5, 5.41) is 13.7. The quantitative estimate of drug-likeness (QED) is 0.904. The van der Waals surface area contributed by atoms with Gasteiger partial charge < -0.3 is 10.0 Å². The van der Waals surface area contributed by atoms with Crippen LogP contribution in [0.5, 0.6) is 0 Å². The first kappa shape index (κ1) is 15.9. The third-order valence-corrected chi connectivity index (χ3v) is 5.27. The van der Waals surface area contributed by atoms with Gasteiger partial charge in [-0.1, -0.05) is 18.2 Å². The first-order valence-corrected chi connectivity index (χ1v) is 8.71. The summed E-state index contributed by atoms with van der Waals surface area (Å²) in [6, 6.07) is 9.74. The van der Waals surface area contributed by atoms with Crippen molar-refractivity contribution in [3.8, 4) is 5.69 Å². The topological polar surface area (TPSA) is 75.4 Å². The van der Waals surface area contributed by atoms with Crippen LogP contribution in [0.4, 0.5) is 0 Å². The molecular formula is C19H21N3O3. The van der Waals surface area contributed by atoms with Gasteiger partial charge >= 0.3 is 5.97 Å². The van der Waals surface area contributed by atoms with Gasteiger partial charge in [-0.3, -0.25) is 9.59 Å². The Kier molecular flexibility index (Phi) is 4.03. The Bertz CT molecular complexity index is 782. The average molecular weight is 339 g/mol. The Labute approximate surface area is 146 Å². The molecule has 2 fully saturated rings. The molecule has 4 rings (SSSR count). The Morgan fingerprint density at radius 2 is 1.92 bits per heavy atom. The van der Waals surface area contributed by atoms with Crippen molar-refractivity contribution >= 4 is 11.9 Å². The molecule has 0 radical (unpaired) electrons. The lowest BCUT2D eigenvalue weighted by Crippen LogP contribution is -2.31. The SMILES string of the molecule is O=C(O)[C@H]1CN(C(=O)Cc2cnn(-c3ccccc3)c2)C[C@@H]1C1CC1.